The van der Waals surface area contributed by atoms with E-state index in [-0.39, 0.29) is 0 Å². The van der Waals surface area contributed by atoms with Gasteiger partial charge in [0.15, 0.2) is 0 Å². The van der Waals surface area contributed by atoms with E-state index in [4.69, 9.17) is 23.2 Å². The van der Waals surface area contributed by atoms with Gasteiger partial charge < -0.3 is 0 Å². The number of aromatic amines is 1. The van der Waals surface area contributed by atoms with Crippen LogP contribution in [-0.2, 0) is 0 Å². The van der Waals surface area contributed by atoms with Gasteiger partial charge >= 0.3 is 0 Å². The maximum atomic E-state index is 5.91. The molecule has 19 heavy (non-hydrogen) atoms. The first-order valence-electron chi connectivity index (χ1n) is 5.79. The van der Waals surface area contributed by atoms with Gasteiger partial charge in [0.1, 0.15) is 0 Å². The van der Waals surface area contributed by atoms with Gasteiger partial charge in [0.05, 0.1) is 11.9 Å². The van der Waals surface area contributed by atoms with E-state index in [2.05, 4.69) is 10.2 Å². The number of hydrogen-bond donors (Lipinski definition) is 1. The molecule has 0 spiro atoms. The summed E-state index contributed by atoms with van der Waals surface area (Å²) in [5.41, 5.74) is 4.13. The van der Waals surface area contributed by atoms with Crippen LogP contribution in [-0.4, -0.2) is 10.2 Å². The van der Waals surface area contributed by atoms with Gasteiger partial charge in [0.25, 0.3) is 0 Å². The number of hydrogen-bond acceptors (Lipinski definition) is 1. The van der Waals surface area contributed by atoms with Crippen molar-refractivity contribution in [2.45, 2.75) is 0 Å². The van der Waals surface area contributed by atoms with Crippen LogP contribution in [0.25, 0.3) is 22.4 Å². The van der Waals surface area contributed by atoms with Gasteiger partial charge in [-0.2, -0.15) is 5.10 Å². The summed E-state index contributed by atoms with van der Waals surface area (Å²) in [4.78, 5) is 0. The van der Waals surface area contributed by atoms with Crippen LogP contribution in [0.15, 0.2) is 54.7 Å². The maximum Gasteiger partial charge on any atom is 0.0728 e. The van der Waals surface area contributed by atoms with Gasteiger partial charge in [0.2, 0.25) is 0 Å². The smallest absolute Gasteiger partial charge is 0.0728 e. The zero-order chi connectivity index (χ0) is 13.2. The van der Waals surface area contributed by atoms with Gasteiger partial charge in [-0.25, -0.2) is 0 Å². The third-order valence-corrected chi connectivity index (χ3v) is 3.43. The molecule has 0 saturated carbocycles. The van der Waals surface area contributed by atoms with E-state index in [9.17, 15) is 0 Å². The lowest BCUT2D eigenvalue weighted by Crippen LogP contribution is -1.82. The van der Waals surface area contributed by atoms with E-state index in [1.807, 2.05) is 54.7 Å². The van der Waals surface area contributed by atoms with Crippen molar-refractivity contribution in [2.75, 3.05) is 0 Å². The molecule has 2 aromatic carbocycles. The molecule has 0 amide bonds. The van der Waals surface area contributed by atoms with Crippen LogP contribution >= 0.6 is 23.2 Å². The predicted octanol–water partition coefficient (Wildman–Crippen LogP) is 5.05. The van der Waals surface area contributed by atoms with Gasteiger partial charge in [0, 0.05) is 21.2 Å². The first kappa shape index (κ1) is 12.3. The van der Waals surface area contributed by atoms with Crippen molar-refractivity contribution < 1.29 is 0 Å². The molecule has 1 aromatic heterocycles. The molecule has 0 aliphatic heterocycles. The largest absolute Gasteiger partial charge is 0.277 e. The number of aromatic nitrogens is 2. The molecule has 94 valence electrons. The Morgan fingerprint density at radius 3 is 1.84 bits per heavy atom. The average molecular weight is 289 g/mol. The molecular weight excluding hydrogens is 279 g/mol. The van der Waals surface area contributed by atoms with Crippen molar-refractivity contribution in [3.8, 4) is 22.4 Å². The van der Waals surface area contributed by atoms with Crippen LogP contribution in [0.5, 0.6) is 0 Å². The fraction of sp³-hybridized carbons (Fsp3) is 0. The molecule has 3 aromatic rings. The SMILES string of the molecule is Clc1ccc(-c2cn[nH]c2-c2ccc(Cl)cc2)cc1. The third-order valence-electron chi connectivity index (χ3n) is 2.93. The molecule has 0 aliphatic rings. The molecule has 0 radical (unpaired) electrons. The van der Waals surface area contributed by atoms with E-state index in [0.29, 0.717) is 0 Å². The van der Waals surface area contributed by atoms with E-state index < -0.39 is 0 Å². The normalized spacial score (nSPS) is 10.6. The van der Waals surface area contributed by atoms with Crippen molar-refractivity contribution in [3.05, 3.63) is 64.8 Å². The first-order chi connectivity index (χ1) is 9.24. The molecule has 1 N–H and O–H groups in total. The van der Waals surface area contributed by atoms with Crippen molar-refractivity contribution in [1.82, 2.24) is 10.2 Å². The van der Waals surface area contributed by atoms with Crippen LogP contribution in [0.3, 0.4) is 0 Å². The highest BCUT2D eigenvalue weighted by Crippen LogP contribution is 2.31. The van der Waals surface area contributed by atoms with Crippen LogP contribution in [0.2, 0.25) is 10.0 Å². The van der Waals surface area contributed by atoms with E-state index in [1.54, 1.807) is 0 Å². The van der Waals surface area contributed by atoms with E-state index in [0.717, 1.165) is 32.4 Å². The van der Waals surface area contributed by atoms with Crippen LogP contribution < -0.4 is 0 Å². The van der Waals surface area contributed by atoms with Gasteiger partial charge in [-0.1, -0.05) is 47.5 Å². The second-order valence-corrected chi connectivity index (χ2v) is 5.05. The highest BCUT2D eigenvalue weighted by atomic mass is 35.5. The highest BCUT2D eigenvalue weighted by Gasteiger charge is 2.09. The second-order valence-electron chi connectivity index (χ2n) is 4.17. The summed E-state index contributed by atoms with van der Waals surface area (Å²) in [6.45, 7) is 0. The van der Waals surface area contributed by atoms with Crippen LogP contribution in [0.4, 0.5) is 0 Å². The van der Waals surface area contributed by atoms with E-state index in [1.165, 1.54) is 0 Å². The Morgan fingerprint density at radius 2 is 1.26 bits per heavy atom. The minimum absolute atomic E-state index is 0.719. The Hall–Kier alpha value is -1.77. The minimum atomic E-state index is 0.719. The van der Waals surface area contributed by atoms with Crippen molar-refractivity contribution in [1.29, 1.82) is 0 Å². The Labute approximate surface area is 121 Å². The maximum absolute atomic E-state index is 5.91. The monoisotopic (exact) mass is 288 g/mol. The van der Waals surface area contributed by atoms with Gasteiger partial charge in [-0.05, 0) is 29.8 Å². The third kappa shape index (κ3) is 2.50. The molecule has 0 saturated heterocycles. The molecule has 3 rings (SSSR count). The zero-order valence-electron chi connectivity index (χ0n) is 9.90. The Balaban J connectivity index is 2.07. The highest BCUT2D eigenvalue weighted by molar-refractivity contribution is 6.31. The summed E-state index contributed by atoms with van der Waals surface area (Å²) in [6.07, 6.45) is 1.81. The van der Waals surface area contributed by atoms with Gasteiger partial charge in [-0.15, -0.1) is 0 Å². The summed E-state index contributed by atoms with van der Waals surface area (Å²) >= 11 is 11.8. The number of nitrogens with zero attached hydrogens (tertiary/aromatic N) is 1. The number of halogens is 2. The summed E-state index contributed by atoms with van der Waals surface area (Å²) in [5, 5.41) is 8.60. The molecule has 0 atom stereocenters. The quantitative estimate of drug-likeness (QED) is 0.702. The molecule has 2 nitrogen and oxygen atoms in total. The van der Waals surface area contributed by atoms with Crippen LogP contribution in [0.1, 0.15) is 0 Å². The lowest BCUT2D eigenvalue weighted by molar-refractivity contribution is 1.10. The molecule has 4 heteroatoms. The Bertz CT molecular complexity index is 625. The number of rotatable bonds is 2. The predicted molar refractivity (Wildman–Crippen MR) is 79.5 cm³/mol. The fourth-order valence-electron chi connectivity index (χ4n) is 1.97. The summed E-state index contributed by atoms with van der Waals surface area (Å²) in [7, 11) is 0. The molecular formula is C15H10Cl2N2. The van der Waals surface area contributed by atoms with Gasteiger partial charge in [-0.3, -0.25) is 5.10 Å². The number of benzene rings is 2. The fourth-order valence-corrected chi connectivity index (χ4v) is 2.22. The number of nitrogens with one attached hydrogen (secondary N) is 1. The molecule has 0 aliphatic carbocycles. The van der Waals surface area contributed by atoms with Crippen molar-refractivity contribution in [3.63, 3.8) is 0 Å². The second kappa shape index (κ2) is 5.08. The topological polar surface area (TPSA) is 28.7 Å². The standard InChI is InChI=1S/C15H10Cl2N2/c16-12-5-1-10(2-6-12)14-9-18-19-15(14)11-3-7-13(17)8-4-11/h1-9H,(H,18,19). The molecule has 0 bridgehead atoms. The van der Waals surface area contributed by atoms with Crippen LogP contribution in [0, 0.1) is 0 Å². The van der Waals surface area contributed by atoms with Crippen molar-refractivity contribution >= 4 is 23.2 Å². The van der Waals surface area contributed by atoms with E-state index >= 15 is 0 Å². The summed E-state index contributed by atoms with van der Waals surface area (Å²) in [5.74, 6) is 0. The lowest BCUT2D eigenvalue weighted by Gasteiger charge is -2.04. The number of H-pyrrole nitrogens is 1. The molecule has 1 heterocycles. The Morgan fingerprint density at radius 1 is 0.737 bits per heavy atom. The first-order valence-corrected chi connectivity index (χ1v) is 6.55. The zero-order valence-corrected chi connectivity index (χ0v) is 11.4. The Kier molecular flexibility index (Phi) is 3.28. The average Bonchev–Trinajstić information content (AvgIpc) is 2.90. The summed E-state index contributed by atoms with van der Waals surface area (Å²) < 4.78 is 0. The minimum Gasteiger partial charge on any atom is -0.277 e. The van der Waals surface area contributed by atoms with Crippen molar-refractivity contribution in [2.24, 2.45) is 0 Å². The molecule has 0 fully saturated rings. The summed E-state index contributed by atoms with van der Waals surface area (Å²) in [6, 6.07) is 15.4. The lowest BCUT2D eigenvalue weighted by atomic mass is 10.0. The molecule has 0 unspecified atom stereocenters.